The van der Waals surface area contributed by atoms with Crippen molar-refractivity contribution in [3.8, 4) is 0 Å². The van der Waals surface area contributed by atoms with Gasteiger partial charge in [0.1, 0.15) is 6.33 Å². The van der Waals surface area contributed by atoms with Gasteiger partial charge in [0.05, 0.1) is 17.1 Å². The number of nitrogens with zero attached hydrogens (tertiary/aromatic N) is 2. The molecule has 2 saturated carbocycles. The molecular weight excluding hydrogens is 368 g/mol. The Kier molecular flexibility index (Phi) is 3.98. The number of aliphatic hydroxyl groups excluding tert-OH is 1. The monoisotopic (exact) mass is 402 g/mol. The normalized spacial score (nSPS) is 40.7. The van der Waals surface area contributed by atoms with Crippen LogP contribution >= 0.6 is 0 Å². The van der Waals surface area contributed by atoms with E-state index in [2.05, 4.69) is 62.0 Å². The number of para-hydroxylation sites is 2. The van der Waals surface area contributed by atoms with E-state index in [9.17, 15) is 5.11 Å². The van der Waals surface area contributed by atoms with Gasteiger partial charge in [-0.3, -0.25) is 0 Å². The number of hydrogen-bond donors (Lipinski definition) is 1. The molecule has 158 valence electrons. The molecule has 2 aromatic rings. The van der Waals surface area contributed by atoms with Crippen LogP contribution in [-0.4, -0.2) is 20.8 Å². The minimum atomic E-state index is -0.119. The van der Waals surface area contributed by atoms with Gasteiger partial charge in [-0.2, -0.15) is 0 Å². The van der Waals surface area contributed by atoms with Crippen LogP contribution in [-0.2, 0) is 0 Å². The zero-order chi connectivity index (χ0) is 20.7. The van der Waals surface area contributed by atoms with Gasteiger partial charge in [-0.05, 0) is 87.2 Å². The first-order valence-corrected chi connectivity index (χ1v) is 11.9. The Bertz CT molecular complexity index is 1080. The fraction of sp³-hybridized carbons (Fsp3) is 0.593. The highest BCUT2D eigenvalue weighted by atomic mass is 16.3. The van der Waals surface area contributed by atoms with E-state index >= 15 is 0 Å². The summed E-state index contributed by atoms with van der Waals surface area (Å²) in [5.41, 5.74) is 7.53. The van der Waals surface area contributed by atoms with Crippen LogP contribution in [0.4, 0.5) is 0 Å². The molecule has 1 N–H and O–H groups in total. The lowest BCUT2D eigenvalue weighted by atomic mass is 9.48. The van der Waals surface area contributed by atoms with Gasteiger partial charge in [-0.1, -0.05) is 43.2 Å². The lowest BCUT2D eigenvalue weighted by molar-refractivity contribution is -0.0251. The Morgan fingerprint density at radius 2 is 1.83 bits per heavy atom. The molecule has 0 saturated heterocycles. The molecule has 3 unspecified atom stereocenters. The van der Waals surface area contributed by atoms with Gasteiger partial charge < -0.3 is 9.67 Å². The number of hydrogen-bond acceptors (Lipinski definition) is 2. The molecule has 1 aromatic heterocycles. The van der Waals surface area contributed by atoms with Gasteiger partial charge >= 0.3 is 0 Å². The molecule has 4 aliphatic carbocycles. The first kappa shape index (κ1) is 18.9. The second-order valence-electron chi connectivity index (χ2n) is 11.0. The molecule has 6 atom stereocenters. The maximum absolute atomic E-state index is 10.3. The summed E-state index contributed by atoms with van der Waals surface area (Å²) in [5.74, 6) is 2.25. The number of aliphatic hydroxyl groups is 1. The smallest absolute Gasteiger partial charge is 0.100 e. The zero-order valence-electron chi connectivity index (χ0n) is 18.6. The molecule has 1 aromatic carbocycles. The molecular formula is C27H34N2O. The summed E-state index contributed by atoms with van der Waals surface area (Å²) in [4.78, 5) is 4.72. The lowest BCUT2D eigenvalue weighted by Crippen LogP contribution is -2.50. The van der Waals surface area contributed by atoms with E-state index in [1.54, 1.807) is 11.1 Å². The number of aromatic nitrogens is 2. The first-order chi connectivity index (χ1) is 14.4. The summed E-state index contributed by atoms with van der Waals surface area (Å²) >= 11 is 0. The largest absolute Gasteiger partial charge is 0.393 e. The van der Waals surface area contributed by atoms with Crippen LogP contribution in [0.2, 0.25) is 0 Å². The van der Waals surface area contributed by atoms with E-state index in [4.69, 9.17) is 4.98 Å². The van der Waals surface area contributed by atoms with Crippen molar-refractivity contribution in [1.29, 1.82) is 0 Å². The van der Waals surface area contributed by atoms with Gasteiger partial charge in [-0.15, -0.1) is 0 Å². The van der Waals surface area contributed by atoms with Crippen molar-refractivity contribution in [2.24, 2.45) is 28.6 Å². The van der Waals surface area contributed by atoms with Crippen molar-refractivity contribution >= 4 is 16.7 Å². The first-order valence-electron chi connectivity index (χ1n) is 11.9. The standard InChI is InChI=1S/C27H34N2O/c1-17-14-22-20-9-8-18-15-19(30)10-12-26(18,2)21(20)11-13-27(22,3)25(17)29-16-28-23-6-4-5-7-24(23)29/h4-8,16,19-22,30H,9-15H2,1-3H3/t19-,20?,21?,22?,26-,27-/m0/s1. The SMILES string of the molecule is CC1=C(n2cnc3ccccc32)[C@@]2(C)CCC3C(CC=C4C[C@@H](O)CC[C@@]43C)C2C1. The Morgan fingerprint density at radius 1 is 1.03 bits per heavy atom. The van der Waals surface area contributed by atoms with Crippen LogP contribution in [0.15, 0.2) is 47.8 Å². The molecule has 0 aliphatic heterocycles. The van der Waals surface area contributed by atoms with E-state index in [-0.39, 0.29) is 11.5 Å². The molecule has 30 heavy (non-hydrogen) atoms. The quantitative estimate of drug-likeness (QED) is 0.577. The molecule has 3 heteroatoms. The lowest BCUT2D eigenvalue weighted by Gasteiger charge is -2.57. The highest BCUT2D eigenvalue weighted by Gasteiger charge is 2.58. The van der Waals surface area contributed by atoms with E-state index in [0.29, 0.717) is 11.3 Å². The number of benzene rings is 1. The van der Waals surface area contributed by atoms with E-state index in [0.717, 1.165) is 36.6 Å². The van der Waals surface area contributed by atoms with Gasteiger partial charge in [0.25, 0.3) is 0 Å². The minimum Gasteiger partial charge on any atom is -0.393 e. The van der Waals surface area contributed by atoms with Gasteiger partial charge in [-0.25, -0.2) is 4.98 Å². The summed E-state index contributed by atoms with van der Waals surface area (Å²) in [6.07, 6.45) is 12.5. The van der Waals surface area contributed by atoms with Crippen molar-refractivity contribution in [2.75, 3.05) is 0 Å². The van der Waals surface area contributed by atoms with E-state index in [1.165, 1.54) is 36.9 Å². The molecule has 1 heterocycles. The van der Waals surface area contributed by atoms with E-state index in [1.807, 2.05) is 0 Å². The van der Waals surface area contributed by atoms with Crippen molar-refractivity contribution in [3.63, 3.8) is 0 Å². The third-order valence-electron chi connectivity index (χ3n) is 9.63. The number of fused-ring (bicyclic) bond motifs is 6. The second-order valence-corrected chi connectivity index (χ2v) is 11.0. The fourth-order valence-corrected chi connectivity index (χ4v) is 8.16. The maximum atomic E-state index is 10.3. The average molecular weight is 403 g/mol. The summed E-state index contributed by atoms with van der Waals surface area (Å²) in [7, 11) is 0. The molecule has 4 aliphatic rings. The third kappa shape index (κ3) is 2.39. The molecule has 0 radical (unpaired) electrons. The highest BCUT2D eigenvalue weighted by molar-refractivity contribution is 5.81. The molecule has 2 fully saturated rings. The number of allylic oxidation sites excluding steroid dienone is 3. The predicted molar refractivity (Wildman–Crippen MR) is 122 cm³/mol. The zero-order valence-corrected chi connectivity index (χ0v) is 18.6. The molecule has 0 spiro atoms. The van der Waals surface area contributed by atoms with Crippen molar-refractivity contribution < 1.29 is 5.11 Å². The van der Waals surface area contributed by atoms with Gasteiger partial charge in [0, 0.05) is 11.1 Å². The van der Waals surface area contributed by atoms with Crippen LogP contribution < -0.4 is 0 Å². The number of imidazole rings is 1. The van der Waals surface area contributed by atoms with Gasteiger partial charge in [0.15, 0.2) is 0 Å². The van der Waals surface area contributed by atoms with Crippen LogP contribution in [0.3, 0.4) is 0 Å². The maximum Gasteiger partial charge on any atom is 0.100 e. The predicted octanol–water partition coefficient (Wildman–Crippen LogP) is 6.20. The van der Waals surface area contributed by atoms with Gasteiger partial charge in [0.2, 0.25) is 0 Å². The topological polar surface area (TPSA) is 38.0 Å². The fourth-order valence-electron chi connectivity index (χ4n) is 8.16. The van der Waals surface area contributed by atoms with Crippen LogP contribution in [0, 0.1) is 28.6 Å². The van der Waals surface area contributed by atoms with Crippen LogP contribution in [0.25, 0.3) is 16.7 Å². The van der Waals surface area contributed by atoms with Crippen molar-refractivity contribution in [3.05, 3.63) is 47.8 Å². The summed E-state index contributed by atoms with van der Waals surface area (Å²) < 4.78 is 2.41. The van der Waals surface area contributed by atoms with Crippen LogP contribution in [0.5, 0.6) is 0 Å². The molecule has 0 bridgehead atoms. The molecule has 0 amide bonds. The second kappa shape index (κ2) is 6.32. The summed E-state index contributed by atoms with van der Waals surface area (Å²) in [6, 6.07) is 8.56. The molecule has 6 rings (SSSR count). The molecule has 3 nitrogen and oxygen atoms in total. The van der Waals surface area contributed by atoms with Crippen LogP contribution in [0.1, 0.15) is 65.7 Å². The summed E-state index contributed by atoms with van der Waals surface area (Å²) in [5, 5.41) is 10.3. The number of rotatable bonds is 1. The van der Waals surface area contributed by atoms with Crippen molar-refractivity contribution in [2.45, 2.75) is 71.8 Å². The third-order valence-corrected chi connectivity index (χ3v) is 9.63. The average Bonchev–Trinajstić information content (AvgIpc) is 3.25. The minimum absolute atomic E-state index is 0.119. The van der Waals surface area contributed by atoms with E-state index < -0.39 is 0 Å². The Hall–Kier alpha value is -1.87. The van der Waals surface area contributed by atoms with Crippen molar-refractivity contribution in [1.82, 2.24) is 9.55 Å². The summed E-state index contributed by atoms with van der Waals surface area (Å²) in [6.45, 7) is 7.43. The Balaban J connectivity index is 1.40. The highest BCUT2D eigenvalue weighted by Crippen LogP contribution is 2.66. The Morgan fingerprint density at radius 3 is 2.70 bits per heavy atom. The Labute approximate surface area is 179 Å².